The molecule has 1 heterocycles. The van der Waals surface area contributed by atoms with Crippen molar-refractivity contribution in [2.24, 2.45) is 4.99 Å². The molecular weight excluding hydrogens is 520 g/mol. The summed E-state index contributed by atoms with van der Waals surface area (Å²) in [5.74, 6) is 1.97. The normalized spacial score (nSPS) is 14.8. The number of amides is 1. The van der Waals surface area contributed by atoms with Gasteiger partial charge in [-0.2, -0.15) is 0 Å². The highest BCUT2D eigenvalue weighted by Crippen LogP contribution is 2.31. The van der Waals surface area contributed by atoms with Crippen LogP contribution in [0.4, 0.5) is 5.69 Å². The number of nitrogens with one attached hydrogen (secondary N) is 1. The fourth-order valence-electron chi connectivity index (χ4n) is 3.96. The summed E-state index contributed by atoms with van der Waals surface area (Å²) in [7, 11) is 0. The molecule has 0 radical (unpaired) electrons. The van der Waals surface area contributed by atoms with Crippen LogP contribution in [-0.4, -0.2) is 17.7 Å². The van der Waals surface area contributed by atoms with E-state index in [0.29, 0.717) is 41.4 Å². The number of aryl methyl sites for hydroxylation is 1. The maximum atomic E-state index is 12.4. The molecule has 7 heteroatoms. The summed E-state index contributed by atoms with van der Waals surface area (Å²) in [5.41, 5.74) is 4.94. The molecule has 0 unspecified atom stereocenters. The molecule has 1 N–H and O–H groups in total. The van der Waals surface area contributed by atoms with Crippen LogP contribution in [0.3, 0.4) is 0 Å². The lowest BCUT2D eigenvalue weighted by atomic mass is 10.2. The van der Waals surface area contributed by atoms with Crippen LogP contribution in [0, 0.1) is 6.92 Å². The first-order valence-electron chi connectivity index (χ1n) is 13.1. The number of hydrogen-bond acceptors (Lipinski definition) is 6. The largest absolute Gasteiger partial charge is 0.490 e. The number of amidine groups is 1. The van der Waals surface area contributed by atoms with Crippen LogP contribution in [-0.2, 0) is 18.0 Å². The van der Waals surface area contributed by atoms with Gasteiger partial charge in [0.2, 0.25) is 0 Å². The summed E-state index contributed by atoms with van der Waals surface area (Å²) in [6.07, 6.45) is 1.85. The molecule has 0 saturated carbocycles. The van der Waals surface area contributed by atoms with Crippen molar-refractivity contribution < 1.29 is 19.0 Å². The van der Waals surface area contributed by atoms with E-state index in [2.05, 4.69) is 10.3 Å². The molecule has 0 bridgehead atoms. The molecule has 4 aromatic rings. The third kappa shape index (κ3) is 7.33. The Morgan fingerprint density at radius 1 is 0.800 bits per heavy atom. The Labute approximate surface area is 238 Å². The van der Waals surface area contributed by atoms with Gasteiger partial charge in [-0.25, -0.2) is 4.99 Å². The molecule has 0 aromatic heterocycles. The zero-order valence-corrected chi connectivity index (χ0v) is 23.2. The van der Waals surface area contributed by atoms with Crippen LogP contribution in [0.25, 0.3) is 6.08 Å². The van der Waals surface area contributed by atoms with Crippen molar-refractivity contribution in [2.75, 3.05) is 6.61 Å². The number of ether oxygens (including phenoxy) is 3. The second-order valence-corrected chi connectivity index (χ2v) is 10.2. The summed E-state index contributed by atoms with van der Waals surface area (Å²) < 4.78 is 17.8. The number of carbonyl (C=O) groups is 1. The average molecular weight is 551 g/mol. The van der Waals surface area contributed by atoms with Gasteiger partial charge in [-0.05, 0) is 84.8 Å². The lowest BCUT2D eigenvalue weighted by Crippen LogP contribution is -2.19. The summed E-state index contributed by atoms with van der Waals surface area (Å²) in [4.78, 5) is 17.6. The predicted molar refractivity (Wildman–Crippen MR) is 161 cm³/mol. The van der Waals surface area contributed by atoms with Gasteiger partial charge in [-0.15, -0.1) is 0 Å². The van der Waals surface area contributed by atoms with Crippen LogP contribution in [0.1, 0.15) is 29.2 Å². The van der Waals surface area contributed by atoms with E-state index in [1.807, 2.05) is 117 Å². The van der Waals surface area contributed by atoms with E-state index >= 15 is 0 Å². The molecule has 5 rings (SSSR count). The minimum Gasteiger partial charge on any atom is -0.490 e. The number of rotatable bonds is 10. The topological polar surface area (TPSA) is 69.2 Å². The van der Waals surface area contributed by atoms with Crippen molar-refractivity contribution in [1.82, 2.24) is 5.32 Å². The Kier molecular flexibility index (Phi) is 8.83. The molecule has 1 amide bonds. The van der Waals surface area contributed by atoms with Crippen LogP contribution in [0.2, 0.25) is 0 Å². The van der Waals surface area contributed by atoms with Crippen LogP contribution in [0.5, 0.6) is 17.2 Å². The van der Waals surface area contributed by atoms with Crippen LogP contribution >= 0.6 is 11.8 Å². The highest BCUT2D eigenvalue weighted by atomic mass is 32.2. The molecule has 0 aliphatic carbocycles. The molecule has 1 saturated heterocycles. The monoisotopic (exact) mass is 550 g/mol. The number of nitrogens with zero attached hydrogens (tertiary/aromatic N) is 1. The molecule has 6 nitrogen and oxygen atoms in total. The second-order valence-electron chi connectivity index (χ2n) is 9.16. The standard InChI is InChI=1S/C33H30N2O4S/c1-3-37-30-19-26(13-18-29(30)39-21-25-7-5-4-6-8-25)22-38-28-16-11-24(12-17-28)20-31-32(36)35-33(40-31)34-27-14-9-23(2)10-15-27/h4-20H,3,21-22H2,1-2H3,(H,34,35,36)/b31-20+. The lowest BCUT2D eigenvalue weighted by Gasteiger charge is -2.14. The molecular formula is C33H30N2O4S. The van der Waals surface area contributed by atoms with Crippen molar-refractivity contribution in [2.45, 2.75) is 27.1 Å². The molecule has 202 valence electrons. The summed E-state index contributed by atoms with van der Waals surface area (Å²) >= 11 is 1.33. The number of hydrogen-bond donors (Lipinski definition) is 1. The number of carbonyl (C=O) groups excluding carboxylic acids is 1. The molecule has 4 aromatic carbocycles. The molecule has 1 fully saturated rings. The van der Waals surface area contributed by atoms with E-state index < -0.39 is 0 Å². The number of aliphatic imine (C=N–C) groups is 1. The molecule has 40 heavy (non-hydrogen) atoms. The fourth-order valence-corrected chi connectivity index (χ4v) is 4.80. The maximum absolute atomic E-state index is 12.4. The van der Waals surface area contributed by atoms with Gasteiger partial charge in [-0.3, -0.25) is 4.79 Å². The third-order valence-electron chi connectivity index (χ3n) is 6.04. The Hall–Kier alpha value is -4.49. The minimum absolute atomic E-state index is 0.155. The van der Waals surface area contributed by atoms with E-state index in [-0.39, 0.29) is 5.91 Å². The van der Waals surface area contributed by atoms with Crippen LogP contribution in [0.15, 0.2) is 107 Å². The van der Waals surface area contributed by atoms with E-state index in [1.165, 1.54) is 11.8 Å². The maximum Gasteiger partial charge on any atom is 0.264 e. The first kappa shape index (κ1) is 27.1. The highest BCUT2D eigenvalue weighted by Gasteiger charge is 2.23. The van der Waals surface area contributed by atoms with Crippen LogP contribution < -0.4 is 19.5 Å². The van der Waals surface area contributed by atoms with Gasteiger partial charge in [0.1, 0.15) is 19.0 Å². The average Bonchev–Trinajstić information content (AvgIpc) is 3.32. The van der Waals surface area contributed by atoms with Gasteiger partial charge in [0.25, 0.3) is 5.91 Å². The van der Waals surface area contributed by atoms with Gasteiger partial charge in [-0.1, -0.05) is 66.2 Å². The quantitative estimate of drug-likeness (QED) is 0.208. The predicted octanol–water partition coefficient (Wildman–Crippen LogP) is 7.44. The van der Waals surface area contributed by atoms with Crippen molar-refractivity contribution >= 4 is 34.6 Å². The Morgan fingerprint density at radius 2 is 1.55 bits per heavy atom. The van der Waals surface area contributed by atoms with Crippen molar-refractivity contribution in [1.29, 1.82) is 0 Å². The smallest absolute Gasteiger partial charge is 0.264 e. The zero-order valence-electron chi connectivity index (χ0n) is 22.4. The van der Waals surface area contributed by atoms with E-state index in [9.17, 15) is 4.79 Å². The number of thioether (sulfide) groups is 1. The van der Waals surface area contributed by atoms with Crippen molar-refractivity contribution in [3.63, 3.8) is 0 Å². The zero-order chi connectivity index (χ0) is 27.7. The SMILES string of the molecule is CCOc1cc(COc2ccc(/C=C3/SC(=Nc4ccc(C)cc4)NC3=O)cc2)ccc1OCc1ccccc1. The molecule has 1 aliphatic heterocycles. The van der Waals surface area contributed by atoms with Crippen molar-refractivity contribution in [3.05, 3.63) is 124 Å². The second kappa shape index (κ2) is 13.0. The van der Waals surface area contributed by atoms with Gasteiger partial charge in [0.15, 0.2) is 16.7 Å². The Bertz CT molecular complexity index is 1510. The minimum atomic E-state index is -0.155. The van der Waals surface area contributed by atoms with E-state index in [0.717, 1.165) is 33.7 Å². The van der Waals surface area contributed by atoms with Crippen molar-refractivity contribution in [3.8, 4) is 17.2 Å². The number of benzene rings is 4. The van der Waals surface area contributed by atoms with E-state index in [4.69, 9.17) is 14.2 Å². The van der Waals surface area contributed by atoms with Gasteiger partial charge >= 0.3 is 0 Å². The van der Waals surface area contributed by atoms with Gasteiger partial charge < -0.3 is 19.5 Å². The molecule has 0 spiro atoms. The lowest BCUT2D eigenvalue weighted by molar-refractivity contribution is -0.115. The van der Waals surface area contributed by atoms with E-state index in [1.54, 1.807) is 0 Å². The Balaban J connectivity index is 1.18. The first-order valence-corrected chi connectivity index (χ1v) is 13.9. The molecule has 1 aliphatic rings. The Morgan fingerprint density at radius 3 is 2.30 bits per heavy atom. The van der Waals surface area contributed by atoms with Gasteiger partial charge in [0, 0.05) is 0 Å². The first-order chi connectivity index (χ1) is 19.6. The fraction of sp³-hybridized carbons (Fsp3) is 0.152. The summed E-state index contributed by atoms with van der Waals surface area (Å²) in [6, 6.07) is 31.4. The third-order valence-corrected chi connectivity index (χ3v) is 6.95. The van der Waals surface area contributed by atoms with Gasteiger partial charge in [0.05, 0.1) is 17.2 Å². The summed E-state index contributed by atoms with van der Waals surface area (Å²) in [6.45, 7) is 5.38. The molecule has 0 atom stereocenters. The summed E-state index contributed by atoms with van der Waals surface area (Å²) in [5, 5.41) is 3.40. The highest BCUT2D eigenvalue weighted by molar-refractivity contribution is 8.18.